The second-order valence-electron chi connectivity index (χ2n) is 6.39. The van der Waals surface area contributed by atoms with E-state index in [2.05, 4.69) is 52.1 Å². The normalized spacial score (nSPS) is 10.7. The first-order chi connectivity index (χ1) is 13.2. The van der Waals surface area contributed by atoms with E-state index < -0.39 is 0 Å². The first-order valence-corrected chi connectivity index (χ1v) is 9.58. The highest BCUT2D eigenvalue weighted by atomic mass is 127. The van der Waals surface area contributed by atoms with Crippen LogP contribution in [0, 0.1) is 0 Å². The van der Waals surface area contributed by atoms with E-state index in [1.54, 1.807) is 7.05 Å². The minimum atomic E-state index is -0.0126. The minimum absolute atomic E-state index is 0. The van der Waals surface area contributed by atoms with Crippen molar-refractivity contribution in [1.82, 2.24) is 16.0 Å². The van der Waals surface area contributed by atoms with E-state index in [0.717, 1.165) is 43.9 Å². The summed E-state index contributed by atoms with van der Waals surface area (Å²) < 4.78 is 0. The van der Waals surface area contributed by atoms with Gasteiger partial charge in [0.15, 0.2) is 5.96 Å². The van der Waals surface area contributed by atoms with Gasteiger partial charge in [0, 0.05) is 32.2 Å². The maximum atomic E-state index is 12.0. The number of benzene rings is 2. The summed E-state index contributed by atoms with van der Waals surface area (Å²) in [6.45, 7) is 4.31. The molecule has 0 aliphatic carbocycles. The Morgan fingerprint density at radius 3 is 2.25 bits per heavy atom. The van der Waals surface area contributed by atoms with Crippen LogP contribution in [0.2, 0.25) is 0 Å². The Labute approximate surface area is 185 Å². The summed E-state index contributed by atoms with van der Waals surface area (Å²) >= 11 is 0. The molecule has 2 rings (SSSR count). The zero-order valence-corrected chi connectivity index (χ0v) is 19.0. The fourth-order valence-corrected chi connectivity index (χ4v) is 2.63. The zero-order chi connectivity index (χ0) is 19.3. The number of aliphatic imine (C=N–C) groups is 1. The molecule has 2 aromatic rings. The molecule has 0 spiro atoms. The largest absolute Gasteiger partial charge is 0.356 e. The average molecular weight is 494 g/mol. The van der Waals surface area contributed by atoms with Crippen molar-refractivity contribution in [1.29, 1.82) is 0 Å². The van der Waals surface area contributed by atoms with Crippen LogP contribution in [0.3, 0.4) is 0 Å². The second-order valence-corrected chi connectivity index (χ2v) is 6.39. The molecule has 0 radical (unpaired) electrons. The van der Waals surface area contributed by atoms with Gasteiger partial charge in [0.1, 0.15) is 0 Å². The molecule has 0 saturated carbocycles. The molecule has 0 aliphatic rings. The topological polar surface area (TPSA) is 65.5 Å². The molecule has 0 heterocycles. The number of halogens is 1. The van der Waals surface area contributed by atoms with Crippen LogP contribution in [-0.4, -0.2) is 32.0 Å². The second kappa shape index (κ2) is 14.0. The molecular formula is C22H31IN4O. The van der Waals surface area contributed by atoms with Crippen molar-refractivity contribution in [2.24, 2.45) is 4.99 Å². The summed E-state index contributed by atoms with van der Waals surface area (Å²) in [6, 6.07) is 18.0. The Morgan fingerprint density at radius 2 is 1.61 bits per heavy atom. The van der Waals surface area contributed by atoms with Crippen LogP contribution < -0.4 is 16.0 Å². The van der Waals surface area contributed by atoms with Gasteiger partial charge in [0.05, 0.1) is 0 Å². The molecule has 6 heteroatoms. The number of rotatable bonds is 9. The molecular weight excluding hydrogens is 463 g/mol. The first-order valence-electron chi connectivity index (χ1n) is 9.58. The van der Waals surface area contributed by atoms with Gasteiger partial charge in [0.2, 0.25) is 0 Å². The third kappa shape index (κ3) is 8.73. The van der Waals surface area contributed by atoms with Crippen LogP contribution >= 0.6 is 24.0 Å². The molecule has 0 fully saturated rings. The molecule has 3 N–H and O–H groups in total. The molecule has 0 bridgehead atoms. The smallest absolute Gasteiger partial charge is 0.251 e. The number of unbranched alkanes of at least 4 members (excludes halogenated alkanes) is 1. The third-order valence-electron chi connectivity index (χ3n) is 4.26. The summed E-state index contributed by atoms with van der Waals surface area (Å²) in [7, 11) is 1.77. The summed E-state index contributed by atoms with van der Waals surface area (Å²) in [6.07, 6.45) is 3.03. The number of amides is 1. The first kappa shape index (κ1) is 23.9. The van der Waals surface area contributed by atoms with Crippen molar-refractivity contribution < 1.29 is 4.79 Å². The van der Waals surface area contributed by atoms with Crippen molar-refractivity contribution in [2.45, 2.75) is 32.7 Å². The lowest BCUT2D eigenvalue weighted by Crippen LogP contribution is -2.37. The summed E-state index contributed by atoms with van der Waals surface area (Å²) in [5, 5.41) is 9.55. The molecule has 5 nitrogen and oxygen atoms in total. The fourth-order valence-electron chi connectivity index (χ4n) is 2.63. The molecule has 0 aliphatic heterocycles. The third-order valence-corrected chi connectivity index (χ3v) is 4.26. The van der Waals surface area contributed by atoms with Crippen LogP contribution in [0.15, 0.2) is 59.6 Å². The molecule has 1 amide bonds. The molecule has 28 heavy (non-hydrogen) atoms. The lowest BCUT2D eigenvalue weighted by molar-refractivity contribution is 0.0953. The lowest BCUT2D eigenvalue weighted by atomic mass is 10.1. The Morgan fingerprint density at radius 1 is 0.893 bits per heavy atom. The molecule has 0 saturated heterocycles. The summed E-state index contributed by atoms with van der Waals surface area (Å²) in [5.41, 5.74) is 3.10. The molecule has 0 unspecified atom stereocenters. The van der Waals surface area contributed by atoms with Gasteiger partial charge in [0.25, 0.3) is 5.91 Å². The highest BCUT2D eigenvalue weighted by molar-refractivity contribution is 14.0. The predicted octanol–water partition coefficient (Wildman–Crippen LogP) is 3.74. The number of nitrogens with one attached hydrogen (secondary N) is 3. The molecule has 2 aromatic carbocycles. The Bertz CT molecular complexity index is 717. The number of hydrogen-bond donors (Lipinski definition) is 3. The van der Waals surface area contributed by atoms with E-state index >= 15 is 0 Å². The zero-order valence-electron chi connectivity index (χ0n) is 16.7. The SMILES string of the molecule is CCCCNC(=O)c1ccc(CNC(=NC)NCCc2ccccc2)cc1.I. The number of nitrogens with zero attached hydrogens (tertiary/aromatic N) is 1. The van der Waals surface area contributed by atoms with E-state index in [4.69, 9.17) is 0 Å². The van der Waals surface area contributed by atoms with Crippen LogP contribution in [0.1, 0.15) is 41.3 Å². The monoisotopic (exact) mass is 494 g/mol. The van der Waals surface area contributed by atoms with Crippen LogP contribution in [-0.2, 0) is 13.0 Å². The van der Waals surface area contributed by atoms with Gasteiger partial charge in [-0.15, -0.1) is 24.0 Å². The van der Waals surface area contributed by atoms with Gasteiger partial charge in [-0.05, 0) is 36.1 Å². The van der Waals surface area contributed by atoms with E-state index in [1.807, 2.05) is 30.3 Å². The maximum Gasteiger partial charge on any atom is 0.251 e. The van der Waals surface area contributed by atoms with Gasteiger partial charge >= 0.3 is 0 Å². The number of guanidine groups is 1. The van der Waals surface area contributed by atoms with Gasteiger partial charge in [-0.3, -0.25) is 9.79 Å². The molecule has 0 aromatic heterocycles. The lowest BCUT2D eigenvalue weighted by Gasteiger charge is -2.12. The van der Waals surface area contributed by atoms with E-state index in [0.29, 0.717) is 12.1 Å². The van der Waals surface area contributed by atoms with Crippen LogP contribution in [0.25, 0.3) is 0 Å². The van der Waals surface area contributed by atoms with E-state index in [1.165, 1.54) is 5.56 Å². The molecule has 0 atom stereocenters. The minimum Gasteiger partial charge on any atom is -0.356 e. The fraction of sp³-hybridized carbons (Fsp3) is 0.364. The average Bonchev–Trinajstić information content (AvgIpc) is 2.72. The summed E-state index contributed by atoms with van der Waals surface area (Å²) in [4.78, 5) is 16.3. The Kier molecular flexibility index (Phi) is 12.0. The van der Waals surface area contributed by atoms with Crippen molar-refractivity contribution in [3.05, 3.63) is 71.3 Å². The standard InChI is InChI=1S/C22H30N4O.HI/c1-3-4-15-24-21(27)20-12-10-19(11-13-20)17-26-22(23-2)25-16-14-18-8-6-5-7-9-18;/h5-13H,3-4,14-17H2,1-2H3,(H,24,27)(H2,23,25,26);1H. The number of carbonyl (C=O) groups excluding carboxylic acids is 1. The van der Waals surface area contributed by atoms with Gasteiger partial charge in [-0.1, -0.05) is 55.8 Å². The van der Waals surface area contributed by atoms with Crippen molar-refractivity contribution in [3.63, 3.8) is 0 Å². The Hall–Kier alpha value is -2.09. The maximum absolute atomic E-state index is 12.0. The van der Waals surface area contributed by atoms with Crippen LogP contribution in [0.5, 0.6) is 0 Å². The highest BCUT2D eigenvalue weighted by Crippen LogP contribution is 2.04. The highest BCUT2D eigenvalue weighted by Gasteiger charge is 2.05. The van der Waals surface area contributed by atoms with Crippen LogP contribution in [0.4, 0.5) is 0 Å². The molecule has 152 valence electrons. The van der Waals surface area contributed by atoms with Gasteiger partial charge in [-0.25, -0.2) is 0 Å². The van der Waals surface area contributed by atoms with E-state index in [-0.39, 0.29) is 29.9 Å². The van der Waals surface area contributed by atoms with E-state index in [9.17, 15) is 4.79 Å². The predicted molar refractivity (Wildman–Crippen MR) is 127 cm³/mol. The van der Waals surface area contributed by atoms with Gasteiger partial charge in [-0.2, -0.15) is 0 Å². The van der Waals surface area contributed by atoms with Crippen molar-refractivity contribution >= 4 is 35.8 Å². The summed E-state index contributed by atoms with van der Waals surface area (Å²) in [5.74, 6) is 0.758. The Balaban J connectivity index is 0.00000392. The number of carbonyl (C=O) groups is 1. The number of hydrogen-bond acceptors (Lipinski definition) is 2. The quantitative estimate of drug-likeness (QED) is 0.215. The van der Waals surface area contributed by atoms with Crippen molar-refractivity contribution in [3.8, 4) is 0 Å². The van der Waals surface area contributed by atoms with Gasteiger partial charge < -0.3 is 16.0 Å². The van der Waals surface area contributed by atoms with Crippen molar-refractivity contribution in [2.75, 3.05) is 20.1 Å².